The van der Waals surface area contributed by atoms with Crippen molar-refractivity contribution in [2.75, 3.05) is 13.1 Å². The maximum atomic E-state index is 12.5. The van der Waals surface area contributed by atoms with Gasteiger partial charge in [0.2, 0.25) is 0 Å². The van der Waals surface area contributed by atoms with Gasteiger partial charge in [0, 0.05) is 36.7 Å². The third-order valence-electron chi connectivity index (χ3n) is 5.12. The number of nitrogens with two attached hydrogens (primary N) is 1. The number of primary amides is 1. The molecule has 2 aromatic heterocycles. The number of hydrogen-bond acceptors (Lipinski definition) is 4. The monoisotopic (exact) mass is 366 g/mol. The number of piperidine rings is 1. The van der Waals surface area contributed by atoms with Crippen LogP contribution in [0.25, 0.3) is 22.2 Å². The fraction of sp³-hybridized carbons (Fsp3) is 0.300. The van der Waals surface area contributed by atoms with Crippen molar-refractivity contribution in [3.63, 3.8) is 0 Å². The molecule has 1 aliphatic heterocycles. The van der Waals surface area contributed by atoms with Crippen LogP contribution in [0.4, 0.5) is 4.79 Å². The van der Waals surface area contributed by atoms with E-state index < -0.39 is 11.6 Å². The van der Waals surface area contributed by atoms with E-state index in [0.717, 1.165) is 47.9 Å². The minimum atomic E-state index is -0.799. The summed E-state index contributed by atoms with van der Waals surface area (Å²) in [5.74, 6) is 0. The molecule has 0 spiro atoms. The predicted molar refractivity (Wildman–Crippen MR) is 103 cm³/mol. The molecule has 0 aliphatic carbocycles. The number of rotatable bonds is 3. The molecule has 7 heteroatoms. The van der Waals surface area contributed by atoms with Crippen LogP contribution in [0.15, 0.2) is 47.4 Å². The molecular formula is C20H22N4O3. The smallest absolute Gasteiger partial charge is 0.325 e. The Balaban J connectivity index is 1.63. The molecule has 0 unspecified atom stereocenters. The van der Waals surface area contributed by atoms with Crippen molar-refractivity contribution in [2.45, 2.75) is 25.5 Å². The standard InChI is InChI=1S/C20H22N4O3/c21-20(27)24-7-1-2-16(19(24)26)18-11-14-10-13(3-4-17(14)22-18)12-23-8-5-15(25)6-9-23/h1-4,7,10-11,15,22,25H,5-6,8-9,12H2,(H2,21,27). The lowest BCUT2D eigenvalue weighted by Crippen LogP contribution is -2.35. The number of aromatic amines is 1. The van der Waals surface area contributed by atoms with Crippen molar-refractivity contribution in [3.8, 4) is 11.3 Å². The molecule has 0 atom stereocenters. The maximum Gasteiger partial charge on any atom is 0.325 e. The van der Waals surface area contributed by atoms with Gasteiger partial charge in [-0.15, -0.1) is 0 Å². The highest BCUT2D eigenvalue weighted by Gasteiger charge is 2.17. The topological polar surface area (TPSA) is 104 Å². The average molecular weight is 366 g/mol. The molecule has 1 saturated heterocycles. The van der Waals surface area contributed by atoms with E-state index in [0.29, 0.717) is 11.3 Å². The molecule has 3 heterocycles. The first-order chi connectivity index (χ1) is 13.0. The largest absolute Gasteiger partial charge is 0.393 e. The van der Waals surface area contributed by atoms with E-state index in [4.69, 9.17) is 5.73 Å². The normalized spacial score (nSPS) is 16.0. The molecule has 0 saturated carbocycles. The third-order valence-corrected chi connectivity index (χ3v) is 5.12. The Kier molecular flexibility index (Phi) is 4.55. The van der Waals surface area contributed by atoms with E-state index in [1.165, 1.54) is 11.8 Å². The zero-order valence-electron chi connectivity index (χ0n) is 14.9. The molecule has 7 nitrogen and oxygen atoms in total. The number of carbonyl (C=O) groups excluding carboxylic acids is 1. The molecular weight excluding hydrogens is 344 g/mol. The Morgan fingerprint density at radius 3 is 2.74 bits per heavy atom. The minimum Gasteiger partial charge on any atom is -0.393 e. The Morgan fingerprint density at radius 2 is 2.00 bits per heavy atom. The van der Waals surface area contributed by atoms with Crippen LogP contribution < -0.4 is 11.3 Å². The van der Waals surface area contributed by atoms with E-state index >= 15 is 0 Å². The molecule has 1 amide bonds. The molecule has 0 bridgehead atoms. The van der Waals surface area contributed by atoms with Gasteiger partial charge in [0.1, 0.15) is 0 Å². The molecule has 3 aromatic rings. The number of fused-ring (bicyclic) bond motifs is 1. The fourth-order valence-electron chi connectivity index (χ4n) is 3.63. The molecule has 1 fully saturated rings. The van der Waals surface area contributed by atoms with Gasteiger partial charge in [0.25, 0.3) is 5.56 Å². The van der Waals surface area contributed by atoms with Crippen molar-refractivity contribution in [3.05, 3.63) is 58.5 Å². The first-order valence-electron chi connectivity index (χ1n) is 9.05. The number of nitrogens with one attached hydrogen (secondary N) is 1. The van der Waals surface area contributed by atoms with E-state index in [9.17, 15) is 14.7 Å². The summed E-state index contributed by atoms with van der Waals surface area (Å²) < 4.78 is 0.900. The van der Waals surface area contributed by atoms with Gasteiger partial charge in [0.15, 0.2) is 0 Å². The second-order valence-electron chi connectivity index (χ2n) is 7.05. The summed E-state index contributed by atoms with van der Waals surface area (Å²) in [6, 6.07) is 10.6. The van der Waals surface area contributed by atoms with Gasteiger partial charge < -0.3 is 15.8 Å². The summed E-state index contributed by atoms with van der Waals surface area (Å²) >= 11 is 0. The van der Waals surface area contributed by atoms with Gasteiger partial charge in [-0.05, 0) is 48.7 Å². The number of amides is 1. The lowest BCUT2D eigenvalue weighted by atomic mass is 10.1. The fourth-order valence-corrected chi connectivity index (χ4v) is 3.63. The number of nitrogens with zero attached hydrogens (tertiary/aromatic N) is 2. The first kappa shape index (κ1) is 17.5. The number of benzene rings is 1. The lowest BCUT2D eigenvalue weighted by molar-refractivity contribution is 0.0792. The van der Waals surface area contributed by atoms with Crippen LogP contribution in [0, 0.1) is 0 Å². The molecule has 4 N–H and O–H groups in total. The number of hydrogen-bond donors (Lipinski definition) is 3. The Labute approximate surface area is 156 Å². The summed E-state index contributed by atoms with van der Waals surface area (Å²) in [5, 5.41) is 10.6. The highest BCUT2D eigenvalue weighted by Crippen LogP contribution is 2.24. The van der Waals surface area contributed by atoms with E-state index in [1.807, 2.05) is 12.1 Å². The number of carbonyl (C=O) groups is 1. The quantitative estimate of drug-likeness (QED) is 0.658. The number of likely N-dealkylation sites (tertiary alicyclic amines) is 1. The van der Waals surface area contributed by atoms with E-state index in [2.05, 4.69) is 22.0 Å². The van der Waals surface area contributed by atoms with Crippen LogP contribution in [0.3, 0.4) is 0 Å². The summed E-state index contributed by atoms with van der Waals surface area (Å²) in [7, 11) is 0. The number of aromatic nitrogens is 2. The minimum absolute atomic E-state index is 0.175. The van der Waals surface area contributed by atoms with Crippen LogP contribution in [0.1, 0.15) is 18.4 Å². The number of pyridine rings is 1. The Bertz CT molecular complexity index is 1040. The molecule has 4 rings (SSSR count). The average Bonchev–Trinajstić information content (AvgIpc) is 3.06. The highest BCUT2D eigenvalue weighted by atomic mass is 16.3. The summed E-state index contributed by atoms with van der Waals surface area (Å²) in [5.41, 5.74) is 7.98. The van der Waals surface area contributed by atoms with Crippen LogP contribution in [-0.4, -0.2) is 44.8 Å². The summed E-state index contributed by atoms with van der Waals surface area (Å²) in [6.07, 6.45) is 2.82. The molecule has 0 radical (unpaired) electrons. The molecule has 1 aliphatic rings. The zero-order valence-corrected chi connectivity index (χ0v) is 14.9. The maximum absolute atomic E-state index is 12.5. The van der Waals surface area contributed by atoms with Gasteiger partial charge in [-0.25, -0.2) is 9.36 Å². The van der Waals surface area contributed by atoms with Gasteiger partial charge in [0.05, 0.1) is 17.4 Å². The van der Waals surface area contributed by atoms with Gasteiger partial charge in [-0.2, -0.15) is 0 Å². The second-order valence-corrected chi connectivity index (χ2v) is 7.05. The van der Waals surface area contributed by atoms with Crippen molar-refractivity contribution < 1.29 is 9.90 Å². The van der Waals surface area contributed by atoms with Gasteiger partial charge in [-0.3, -0.25) is 9.69 Å². The van der Waals surface area contributed by atoms with E-state index in [-0.39, 0.29) is 6.10 Å². The zero-order chi connectivity index (χ0) is 19.0. The first-order valence-corrected chi connectivity index (χ1v) is 9.05. The van der Waals surface area contributed by atoms with E-state index in [1.54, 1.807) is 12.1 Å². The van der Waals surface area contributed by atoms with Crippen molar-refractivity contribution in [1.29, 1.82) is 0 Å². The third kappa shape index (κ3) is 3.51. The molecule has 140 valence electrons. The number of H-pyrrole nitrogens is 1. The predicted octanol–water partition coefficient (Wildman–Crippen LogP) is 1.88. The number of aliphatic hydroxyl groups is 1. The Morgan fingerprint density at radius 1 is 1.22 bits per heavy atom. The second kappa shape index (κ2) is 7.02. The molecule has 27 heavy (non-hydrogen) atoms. The molecule has 1 aromatic carbocycles. The van der Waals surface area contributed by atoms with Crippen LogP contribution in [-0.2, 0) is 6.54 Å². The summed E-state index contributed by atoms with van der Waals surface area (Å²) in [4.78, 5) is 29.4. The lowest BCUT2D eigenvalue weighted by Gasteiger charge is -2.29. The van der Waals surface area contributed by atoms with Crippen LogP contribution in [0.5, 0.6) is 0 Å². The SMILES string of the molecule is NC(=O)n1cccc(-c2cc3cc(CN4CCC(O)CC4)ccc3[nH]2)c1=O. The van der Waals surface area contributed by atoms with Crippen molar-refractivity contribution >= 4 is 16.9 Å². The van der Waals surface area contributed by atoms with Gasteiger partial charge >= 0.3 is 6.03 Å². The van der Waals surface area contributed by atoms with Crippen LogP contribution in [0.2, 0.25) is 0 Å². The van der Waals surface area contributed by atoms with Gasteiger partial charge in [-0.1, -0.05) is 6.07 Å². The number of aliphatic hydroxyl groups excluding tert-OH is 1. The summed E-state index contributed by atoms with van der Waals surface area (Å²) in [6.45, 7) is 2.63. The van der Waals surface area contributed by atoms with Crippen molar-refractivity contribution in [1.82, 2.24) is 14.5 Å². The van der Waals surface area contributed by atoms with Crippen LogP contribution >= 0.6 is 0 Å². The van der Waals surface area contributed by atoms with Crippen molar-refractivity contribution in [2.24, 2.45) is 5.73 Å². The Hall–Kier alpha value is -2.90. The highest BCUT2D eigenvalue weighted by molar-refractivity contribution is 5.86.